The molecule has 70 valence electrons. The van der Waals surface area contributed by atoms with Gasteiger partial charge >= 0.3 is 7.60 Å². The molecule has 0 saturated carbocycles. The van der Waals surface area contributed by atoms with Gasteiger partial charge in [0.15, 0.2) is 0 Å². The van der Waals surface area contributed by atoms with E-state index in [1.165, 1.54) is 24.3 Å². The summed E-state index contributed by atoms with van der Waals surface area (Å²) in [4.78, 5) is 28.0. The number of rotatable bonds is 2. The monoisotopic (exact) mass is 220 g/mol. The molecule has 2 N–H and O–H groups in total. The number of halogens is 1. The zero-order valence-corrected chi connectivity index (χ0v) is 8.00. The SMILES string of the molecule is O=C(Cl)c1ccc(P(=O)(O)O)cc1. The highest BCUT2D eigenvalue weighted by atomic mass is 35.5. The van der Waals surface area contributed by atoms with Crippen molar-refractivity contribution < 1.29 is 19.1 Å². The Labute approximate surface area is 79.3 Å². The van der Waals surface area contributed by atoms with Gasteiger partial charge in [0.1, 0.15) is 0 Å². The van der Waals surface area contributed by atoms with Gasteiger partial charge in [-0.1, -0.05) is 0 Å². The Balaban J connectivity index is 3.08. The molecular formula is C7H6ClO4P. The lowest BCUT2D eigenvalue weighted by Gasteiger charge is -2.02. The Bertz CT molecular complexity index is 367. The normalized spacial score (nSPS) is 11.3. The molecule has 0 unspecified atom stereocenters. The van der Waals surface area contributed by atoms with Crippen molar-refractivity contribution in [3.05, 3.63) is 29.8 Å². The minimum atomic E-state index is -4.22. The standard InChI is InChI=1S/C7H6ClO4P/c8-7(9)5-1-3-6(4-2-5)13(10,11)12/h1-4H,(H2,10,11,12). The highest BCUT2D eigenvalue weighted by molar-refractivity contribution is 7.60. The molecule has 0 atom stereocenters. The maximum Gasteiger partial charge on any atom is 0.356 e. The Morgan fingerprint density at radius 2 is 1.69 bits per heavy atom. The Morgan fingerprint density at radius 1 is 1.23 bits per heavy atom. The second-order valence-corrected chi connectivity index (χ2v) is 4.31. The van der Waals surface area contributed by atoms with Crippen LogP contribution in [-0.2, 0) is 4.57 Å². The fourth-order valence-electron chi connectivity index (χ4n) is 0.787. The van der Waals surface area contributed by atoms with E-state index in [9.17, 15) is 9.36 Å². The van der Waals surface area contributed by atoms with Crippen LogP contribution in [0.1, 0.15) is 10.4 Å². The third-order valence-electron chi connectivity index (χ3n) is 1.43. The number of carbonyl (C=O) groups is 1. The molecule has 0 spiro atoms. The van der Waals surface area contributed by atoms with Crippen LogP contribution in [0.5, 0.6) is 0 Å². The first kappa shape index (κ1) is 10.4. The lowest BCUT2D eigenvalue weighted by Crippen LogP contribution is -2.03. The predicted molar refractivity (Wildman–Crippen MR) is 48.3 cm³/mol. The van der Waals surface area contributed by atoms with E-state index in [0.717, 1.165) is 0 Å². The summed E-state index contributed by atoms with van der Waals surface area (Å²) in [5.41, 5.74) is 0.207. The minimum Gasteiger partial charge on any atom is -0.321 e. The van der Waals surface area contributed by atoms with E-state index >= 15 is 0 Å². The summed E-state index contributed by atoms with van der Waals surface area (Å²) >= 11 is 5.14. The largest absolute Gasteiger partial charge is 0.356 e. The molecule has 0 bridgehead atoms. The van der Waals surface area contributed by atoms with E-state index in [1.807, 2.05) is 0 Å². The van der Waals surface area contributed by atoms with Crippen LogP contribution in [-0.4, -0.2) is 15.0 Å². The van der Waals surface area contributed by atoms with Gasteiger partial charge in [-0.25, -0.2) is 0 Å². The smallest absolute Gasteiger partial charge is 0.321 e. The summed E-state index contributed by atoms with van der Waals surface area (Å²) < 4.78 is 10.7. The average molecular weight is 221 g/mol. The number of carbonyl (C=O) groups excluding carboxylic acids is 1. The van der Waals surface area contributed by atoms with Gasteiger partial charge in [0.2, 0.25) is 0 Å². The zero-order valence-electron chi connectivity index (χ0n) is 6.35. The van der Waals surface area contributed by atoms with Crippen LogP contribution in [0, 0.1) is 0 Å². The van der Waals surface area contributed by atoms with E-state index < -0.39 is 12.8 Å². The molecule has 13 heavy (non-hydrogen) atoms. The molecule has 0 aliphatic rings. The molecule has 4 nitrogen and oxygen atoms in total. The van der Waals surface area contributed by atoms with Crippen molar-refractivity contribution in [3.63, 3.8) is 0 Å². The minimum absolute atomic E-state index is 0.130. The zero-order chi connectivity index (χ0) is 10.1. The maximum atomic E-state index is 10.7. The topological polar surface area (TPSA) is 74.6 Å². The molecule has 0 aliphatic carbocycles. The van der Waals surface area contributed by atoms with Crippen molar-refractivity contribution in [3.8, 4) is 0 Å². The van der Waals surface area contributed by atoms with Crippen molar-refractivity contribution in [2.45, 2.75) is 0 Å². The van der Waals surface area contributed by atoms with Crippen LogP contribution in [0.15, 0.2) is 24.3 Å². The van der Waals surface area contributed by atoms with Crippen LogP contribution >= 0.6 is 19.2 Å². The number of benzene rings is 1. The van der Waals surface area contributed by atoms with Gasteiger partial charge in [-0.3, -0.25) is 9.36 Å². The summed E-state index contributed by atoms with van der Waals surface area (Å²) in [5.74, 6) is 0. The van der Waals surface area contributed by atoms with Gasteiger partial charge in [-0.05, 0) is 35.9 Å². The molecule has 0 amide bonds. The van der Waals surface area contributed by atoms with Crippen molar-refractivity contribution in [2.75, 3.05) is 0 Å². The van der Waals surface area contributed by atoms with Crippen molar-refractivity contribution in [1.82, 2.24) is 0 Å². The van der Waals surface area contributed by atoms with Crippen LogP contribution < -0.4 is 5.30 Å². The number of hydrogen-bond acceptors (Lipinski definition) is 2. The average Bonchev–Trinajstić information content (AvgIpc) is 2.03. The Hall–Kier alpha value is -0.670. The third kappa shape index (κ3) is 2.64. The molecule has 6 heteroatoms. The van der Waals surface area contributed by atoms with E-state index in [2.05, 4.69) is 0 Å². The lowest BCUT2D eigenvalue weighted by molar-refractivity contribution is 0.108. The molecule has 0 fully saturated rings. The van der Waals surface area contributed by atoms with Crippen LogP contribution in [0.4, 0.5) is 0 Å². The van der Waals surface area contributed by atoms with E-state index in [4.69, 9.17) is 21.4 Å². The first-order valence-corrected chi connectivity index (χ1v) is 5.26. The van der Waals surface area contributed by atoms with Crippen LogP contribution in [0.3, 0.4) is 0 Å². The van der Waals surface area contributed by atoms with E-state index in [-0.39, 0.29) is 10.9 Å². The van der Waals surface area contributed by atoms with Gasteiger partial charge in [0, 0.05) is 5.56 Å². The molecular weight excluding hydrogens is 214 g/mol. The second-order valence-electron chi connectivity index (χ2n) is 2.36. The summed E-state index contributed by atoms with van der Waals surface area (Å²) in [6, 6.07) is 4.89. The quantitative estimate of drug-likeness (QED) is 0.573. The summed E-state index contributed by atoms with van der Waals surface area (Å²) in [7, 11) is -4.22. The van der Waals surface area contributed by atoms with Gasteiger partial charge in [-0.15, -0.1) is 0 Å². The summed E-state index contributed by atoms with van der Waals surface area (Å²) in [5, 5.41) is -0.786. The summed E-state index contributed by atoms with van der Waals surface area (Å²) in [6.07, 6.45) is 0. The highest BCUT2D eigenvalue weighted by Crippen LogP contribution is 2.32. The summed E-state index contributed by atoms with van der Waals surface area (Å²) in [6.45, 7) is 0. The predicted octanol–water partition coefficient (Wildman–Crippen LogP) is 0.869. The molecule has 0 heterocycles. The molecule has 1 rings (SSSR count). The van der Waals surface area contributed by atoms with Crippen molar-refractivity contribution >= 4 is 29.7 Å². The van der Waals surface area contributed by atoms with E-state index in [1.54, 1.807) is 0 Å². The number of hydrogen-bond donors (Lipinski definition) is 2. The molecule has 1 aromatic carbocycles. The second kappa shape index (κ2) is 3.60. The molecule has 0 radical (unpaired) electrons. The molecule has 0 saturated heterocycles. The fraction of sp³-hybridized carbons (Fsp3) is 0. The van der Waals surface area contributed by atoms with E-state index in [0.29, 0.717) is 0 Å². The first-order chi connectivity index (χ1) is 5.91. The van der Waals surface area contributed by atoms with Crippen molar-refractivity contribution in [1.29, 1.82) is 0 Å². The molecule has 0 aromatic heterocycles. The fourth-order valence-corrected chi connectivity index (χ4v) is 1.45. The van der Waals surface area contributed by atoms with Gasteiger partial charge in [-0.2, -0.15) is 0 Å². The third-order valence-corrected chi connectivity index (χ3v) is 2.62. The highest BCUT2D eigenvalue weighted by Gasteiger charge is 2.16. The Morgan fingerprint density at radius 3 is 2.00 bits per heavy atom. The lowest BCUT2D eigenvalue weighted by atomic mass is 10.2. The van der Waals surface area contributed by atoms with Gasteiger partial charge in [0.05, 0.1) is 5.30 Å². The van der Waals surface area contributed by atoms with Gasteiger partial charge < -0.3 is 9.79 Å². The van der Waals surface area contributed by atoms with Gasteiger partial charge in [0.25, 0.3) is 5.24 Å². The molecule has 0 aliphatic heterocycles. The van der Waals surface area contributed by atoms with Crippen molar-refractivity contribution in [2.24, 2.45) is 0 Å². The first-order valence-electron chi connectivity index (χ1n) is 3.27. The van der Waals surface area contributed by atoms with Crippen LogP contribution in [0.25, 0.3) is 0 Å². The Kier molecular flexibility index (Phi) is 2.88. The van der Waals surface area contributed by atoms with Crippen LogP contribution in [0.2, 0.25) is 0 Å². The molecule has 1 aromatic rings. The maximum absolute atomic E-state index is 10.7.